The largest absolute Gasteiger partial charge is 0.478 e. The van der Waals surface area contributed by atoms with Crippen LogP contribution in [0.25, 0.3) is 5.95 Å². The Labute approximate surface area is 98.0 Å². The molecule has 0 spiro atoms. The molecular weight excluding hydrogens is 220 g/mol. The first-order chi connectivity index (χ1) is 8.09. The van der Waals surface area contributed by atoms with E-state index in [4.69, 9.17) is 5.11 Å². The van der Waals surface area contributed by atoms with Gasteiger partial charge >= 0.3 is 5.97 Å². The number of carboxylic acids is 1. The summed E-state index contributed by atoms with van der Waals surface area (Å²) < 4.78 is 1.61. The van der Waals surface area contributed by atoms with Gasteiger partial charge in [-0.15, -0.1) is 0 Å². The van der Waals surface area contributed by atoms with Crippen molar-refractivity contribution in [1.29, 1.82) is 0 Å². The van der Waals surface area contributed by atoms with Gasteiger partial charge in [0.25, 0.3) is 5.95 Å². The van der Waals surface area contributed by atoms with Gasteiger partial charge in [-0.1, -0.05) is 13.8 Å². The Morgan fingerprint density at radius 1 is 1.35 bits per heavy atom. The van der Waals surface area contributed by atoms with Crippen molar-refractivity contribution >= 4 is 5.97 Å². The van der Waals surface area contributed by atoms with Crippen LogP contribution in [0.15, 0.2) is 24.7 Å². The van der Waals surface area contributed by atoms with Crippen LogP contribution >= 0.6 is 0 Å². The number of carboxylic acid groups (broad SMARTS) is 1. The minimum atomic E-state index is -1.04. The summed E-state index contributed by atoms with van der Waals surface area (Å²) in [7, 11) is 0. The summed E-state index contributed by atoms with van der Waals surface area (Å²) in [6.45, 7) is 4.08. The first-order valence-electron chi connectivity index (χ1n) is 5.19. The van der Waals surface area contributed by atoms with Crippen LogP contribution in [-0.2, 0) is 0 Å². The molecule has 0 bridgehead atoms. The molecule has 17 heavy (non-hydrogen) atoms. The molecule has 2 aromatic heterocycles. The van der Waals surface area contributed by atoms with Crippen molar-refractivity contribution in [2.45, 2.75) is 19.8 Å². The lowest BCUT2D eigenvalue weighted by molar-refractivity contribution is 0.0696. The highest BCUT2D eigenvalue weighted by atomic mass is 16.4. The fourth-order valence-corrected chi connectivity index (χ4v) is 1.46. The van der Waals surface area contributed by atoms with Gasteiger partial charge in [0.2, 0.25) is 0 Å². The van der Waals surface area contributed by atoms with Crippen LogP contribution in [-0.4, -0.2) is 30.8 Å². The Morgan fingerprint density at radius 2 is 2.00 bits per heavy atom. The van der Waals surface area contributed by atoms with E-state index < -0.39 is 5.97 Å². The SMILES string of the molecule is CC(C)c1ccnn1-c1ncc(C(=O)O)cn1. The average molecular weight is 232 g/mol. The Balaban J connectivity index is 2.40. The van der Waals surface area contributed by atoms with Gasteiger partial charge in [0.1, 0.15) is 0 Å². The van der Waals surface area contributed by atoms with Gasteiger partial charge in [-0.3, -0.25) is 0 Å². The fourth-order valence-electron chi connectivity index (χ4n) is 1.46. The zero-order valence-corrected chi connectivity index (χ0v) is 9.53. The summed E-state index contributed by atoms with van der Waals surface area (Å²) in [5, 5.41) is 12.9. The maximum Gasteiger partial charge on any atom is 0.338 e. The van der Waals surface area contributed by atoms with E-state index in [-0.39, 0.29) is 5.56 Å². The molecule has 0 aromatic carbocycles. The Morgan fingerprint density at radius 3 is 2.53 bits per heavy atom. The first-order valence-corrected chi connectivity index (χ1v) is 5.19. The van der Waals surface area contributed by atoms with Gasteiger partial charge in [-0.25, -0.2) is 19.4 Å². The number of hydrogen-bond acceptors (Lipinski definition) is 4. The van der Waals surface area contributed by atoms with Crippen molar-refractivity contribution in [3.05, 3.63) is 35.9 Å². The van der Waals surface area contributed by atoms with Gasteiger partial charge in [-0.05, 0) is 12.0 Å². The van der Waals surface area contributed by atoms with Crippen molar-refractivity contribution in [2.75, 3.05) is 0 Å². The number of rotatable bonds is 3. The molecule has 2 aromatic rings. The standard InChI is InChI=1S/C11H12N4O2/c1-7(2)9-3-4-14-15(9)11-12-5-8(6-13-11)10(16)17/h3-7H,1-2H3,(H,16,17). The van der Waals surface area contributed by atoms with Crippen molar-refractivity contribution in [2.24, 2.45) is 0 Å². The molecule has 0 saturated carbocycles. The Bertz CT molecular complexity index is 531. The second-order valence-electron chi connectivity index (χ2n) is 3.90. The fraction of sp³-hybridized carbons (Fsp3) is 0.273. The van der Waals surface area contributed by atoms with Crippen LogP contribution in [0.2, 0.25) is 0 Å². The summed E-state index contributed by atoms with van der Waals surface area (Å²) in [6, 6.07) is 1.89. The van der Waals surface area contributed by atoms with Crippen LogP contribution in [0, 0.1) is 0 Å². The molecule has 6 nitrogen and oxygen atoms in total. The maximum atomic E-state index is 10.7. The quantitative estimate of drug-likeness (QED) is 0.866. The monoisotopic (exact) mass is 232 g/mol. The lowest BCUT2D eigenvalue weighted by Crippen LogP contribution is -2.09. The highest BCUT2D eigenvalue weighted by Crippen LogP contribution is 2.15. The molecule has 0 fully saturated rings. The topological polar surface area (TPSA) is 80.9 Å². The highest BCUT2D eigenvalue weighted by molar-refractivity contribution is 5.86. The highest BCUT2D eigenvalue weighted by Gasteiger charge is 2.11. The van der Waals surface area contributed by atoms with E-state index in [1.807, 2.05) is 19.9 Å². The molecular formula is C11H12N4O2. The molecule has 6 heteroatoms. The van der Waals surface area contributed by atoms with Crippen molar-refractivity contribution in [1.82, 2.24) is 19.7 Å². The predicted octanol–water partition coefficient (Wildman–Crippen LogP) is 1.48. The molecule has 1 N–H and O–H groups in total. The van der Waals surface area contributed by atoms with Gasteiger partial charge in [0.15, 0.2) is 0 Å². The summed E-state index contributed by atoms with van der Waals surface area (Å²) in [5.74, 6) is -0.370. The second kappa shape index (κ2) is 4.32. The summed E-state index contributed by atoms with van der Waals surface area (Å²) in [6.07, 6.45) is 4.22. The lowest BCUT2D eigenvalue weighted by Gasteiger charge is -2.07. The lowest BCUT2D eigenvalue weighted by atomic mass is 10.1. The van der Waals surface area contributed by atoms with Crippen molar-refractivity contribution < 1.29 is 9.90 Å². The van der Waals surface area contributed by atoms with E-state index in [1.165, 1.54) is 12.4 Å². The molecule has 0 amide bonds. The Kier molecular flexibility index (Phi) is 2.86. The van der Waals surface area contributed by atoms with E-state index in [9.17, 15) is 4.79 Å². The van der Waals surface area contributed by atoms with Gasteiger partial charge < -0.3 is 5.11 Å². The molecule has 0 aliphatic heterocycles. The molecule has 0 saturated heterocycles. The zero-order chi connectivity index (χ0) is 12.4. The summed E-state index contributed by atoms with van der Waals surface area (Å²) >= 11 is 0. The number of nitrogens with zero attached hydrogens (tertiary/aromatic N) is 4. The van der Waals surface area contributed by atoms with Gasteiger partial charge in [-0.2, -0.15) is 5.10 Å². The molecule has 2 rings (SSSR count). The molecule has 0 radical (unpaired) electrons. The van der Waals surface area contributed by atoms with E-state index >= 15 is 0 Å². The van der Waals surface area contributed by atoms with Crippen LogP contribution in [0.4, 0.5) is 0 Å². The van der Waals surface area contributed by atoms with Crippen LogP contribution in [0.3, 0.4) is 0 Å². The smallest absolute Gasteiger partial charge is 0.338 e. The summed E-state index contributed by atoms with van der Waals surface area (Å²) in [5.41, 5.74) is 1.04. The van der Waals surface area contributed by atoms with Crippen LogP contribution in [0.5, 0.6) is 0 Å². The molecule has 0 aliphatic carbocycles. The average Bonchev–Trinajstić information content (AvgIpc) is 2.78. The van der Waals surface area contributed by atoms with E-state index in [0.29, 0.717) is 11.9 Å². The van der Waals surface area contributed by atoms with Crippen LogP contribution < -0.4 is 0 Å². The van der Waals surface area contributed by atoms with E-state index in [0.717, 1.165) is 5.69 Å². The number of hydrogen-bond donors (Lipinski definition) is 1. The number of carbonyl (C=O) groups is 1. The molecule has 0 atom stereocenters. The third kappa shape index (κ3) is 2.15. The zero-order valence-electron chi connectivity index (χ0n) is 9.53. The van der Waals surface area contributed by atoms with Gasteiger partial charge in [0, 0.05) is 18.6 Å². The van der Waals surface area contributed by atoms with Crippen LogP contribution in [0.1, 0.15) is 35.8 Å². The van der Waals surface area contributed by atoms with Crippen molar-refractivity contribution in [3.8, 4) is 5.95 Å². The molecule has 2 heterocycles. The third-order valence-electron chi connectivity index (χ3n) is 2.34. The minimum Gasteiger partial charge on any atom is -0.478 e. The maximum absolute atomic E-state index is 10.7. The Hall–Kier alpha value is -2.24. The van der Waals surface area contributed by atoms with Gasteiger partial charge in [0.05, 0.1) is 11.3 Å². The molecule has 0 aliphatic rings. The second-order valence-corrected chi connectivity index (χ2v) is 3.90. The minimum absolute atomic E-state index is 0.0620. The normalized spacial score (nSPS) is 10.8. The van der Waals surface area contributed by atoms with Crippen molar-refractivity contribution in [3.63, 3.8) is 0 Å². The first kappa shape index (κ1) is 11.3. The number of aromatic carboxylic acids is 1. The molecule has 88 valence electrons. The summed E-state index contributed by atoms with van der Waals surface area (Å²) in [4.78, 5) is 18.7. The van der Waals surface area contributed by atoms with E-state index in [1.54, 1.807) is 10.9 Å². The number of aromatic nitrogens is 4. The third-order valence-corrected chi connectivity index (χ3v) is 2.34. The predicted molar refractivity (Wildman–Crippen MR) is 60.2 cm³/mol. The molecule has 0 unspecified atom stereocenters. The van der Waals surface area contributed by atoms with E-state index in [2.05, 4.69) is 15.1 Å².